The smallest absolute Gasteiger partial charge is 0.0662 e. The molecule has 1 heterocycles. The summed E-state index contributed by atoms with van der Waals surface area (Å²) in [5, 5.41) is 4.69. The minimum atomic E-state index is 0.156. The molecule has 0 fully saturated rings. The first-order valence-corrected chi connectivity index (χ1v) is 6.48. The van der Waals surface area contributed by atoms with E-state index in [9.17, 15) is 0 Å². The SMILES string of the molecule is Cc1nn(Cc2ccccc2)c(C)c1C(C)(C)C. The van der Waals surface area contributed by atoms with E-state index in [0.29, 0.717) is 0 Å². The Hall–Kier alpha value is -1.57. The van der Waals surface area contributed by atoms with E-state index >= 15 is 0 Å². The van der Waals surface area contributed by atoms with Crippen LogP contribution in [0.3, 0.4) is 0 Å². The average Bonchev–Trinajstić information content (AvgIpc) is 2.54. The molecule has 0 saturated heterocycles. The number of benzene rings is 1. The summed E-state index contributed by atoms with van der Waals surface area (Å²) in [4.78, 5) is 0. The van der Waals surface area contributed by atoms with Crippen molar-refractivity contribution >= 4 is 0 Å². The fourth-order valence-corrected chi connectivity index (χ4v) is 2.69. The van der Waals surface area contributed by atoms with Gasteiger partial charge in [-0.2, -0.15) is 5.10 Å². The molecule has 0 unspecified atom stereocenters. The normalized spacial score (nSPS) is 11.8. The lowest BCUT2D eigenvalue weighted by atomic mass is 9.85. The second-order valence-corrected chi connectivity index (χ2v) is 5.94. The molecule has 1 aromatic heterocycles. The van der Waals surface area contributed by atoms with Gasteiger partial charge in [0.1, 0.15) is 0 Å². The van der Waals surface area contributed by atoms with Crippen LogP contribution in [0, 0.1) is 13.8 Å². The van der Waals surface area contributed by atoms with Crippen molar-refractivity contribution < 1.29 is 0 Å². The van der Waals surface area contributed by atoms with Crippen LogP contribution >= 0.6 is 0 Å². The fourth-order valence-electron chi connectivity index (χ4n) is 2.69. The van der Waals surface area contributed by atoms with Gasteiger partial charge < -0.3 is 0 Å². The first kappa shape index (κ1) is 12.9. The Morgan fingerprint density at radius 2 is 1.67 bits per heavy atom. The molecule has 2 aromatic rings. The summed E-state index contributed by atoms with van der Waals surface area (Å²) in [5.74, 6) is 0. The maximum atomic E-state index is 4.69. The third kappa shape index (κ3) is 2.47. The second-order valence-electron chi connectivity index (χ2n) is 5.94. The summed E-state index contributed by atoms with van der Waals surface area (Å²) >= 11 is 0. The van der Waals surface area contributed by atoms with Crippen LogP contribution in [0.4, 0.5) is 0 Å². The van der Waals surface area contributed by atoms with Crippen molar-refractivity contribution in [1.29, 1.82) is 0 Å². The van der Waals surface area contributed by atoms with Crippen LogP contribution in [0.2, 0.25) is 0 Å². The third-order valence-corrected chi connectivity index (χ3v) is 3.31. The number of aryl methyl sites for hydroxylation is 1. The standard InChI is InChI=1S/C16H22N2/c1-12-15(16(3,4)5)13(2)18(17-12)11-14-9-7-6-8-10-14/h6-10H,11H2,1-5H3. The first-order chi connectivity index (χ1) is 8.39. The summed E-state index contributed by atoms with van der Waals surface area (Å²) in [5.41, 5.74) is 5.25. The zero-order chi connectivity index (χ0) is 13.3. The highest BCUT2D eigenvalue weighted by Crippen LogP contribution is 2.28. The molecule has 0 aliphatic carbocycles. The van der Waals surface area contributed by atoms with Crippen molar-refractivity contribution in [3.8, 4) is 0 Å². The molecule has 18 heavy (non-hydrogen) atoms. The molecule has 0 amide bonds. The first-order valence-electron chi connectivity index (χ1n) is 6.48. The minimum absolute atomic E-state index is 0.156. The van der Waals surface area contributed by atoms with Gasteiger partial charge in [-0.15, -0.1) is 0 Å². The topological polar surface area (TPSA) is 17.8 Å². The van der Waals surface area contributed by atoms with Gasteiger partial charge >= 0.3 is 0 Å². The Kier molecular flexibility index (Phi) is 3.29. The zero-order valence-electron chi connectivity index (χ0n) is 12.0. The second kappa shape index (κ2) is 4.60. The molecular weight excluding hydrogens is 220 g/mol. The van der Waals surface area contributed by atoms with Crippen LogP contribution in [-0.4, -0.2) is 9.78 Å². The van der Waals surface area contributed by atoms with Gasteiger partial charge in [-0.25, -0.2) is 0 Å². The molecule has 0 N–H and O–H groups in total. The Balaban J connectivity index is 2.37. The molecule has 2 nitrogen and oxygen atoms in total. The van der Waals surface area contributed by atoms with E-state index in [1.54, 1.807) is 0 Å². The molecule has 2 rings (SSSR count). The molecule has 96 valence electrons. The lowest BCUT2D eigenvalue weighted by molar-refractivity contribution is 0.577. The number of hydrogen-bond acceptors (Lipinski definition) is 1. The molecule has 1 aromatic carbocycles. The van der Waals surface area contributed by atoms with Crippen molar-refractivity contribution in [2.45, 2.75) is 46.6 Å². The van der Waals surface area contributed by atoms with Gasteiger partial charge in [0.2, 0.25) is 0 Å². The van der Waals surface area contributed by atoms with Gasteiger partial charge in [-0.1, -0.05) is 51.1 Å². The summed E-state index contributed by atoms with van der Waals surface area (Å²) in [6, 6.07) is 10.5. The van der Waals surface area contributed by atoms with E-state index < -0.39 is 0 Å². The maximum absolute atomic E-state index is 4.69. The van der Waals surface area contributed by atoms with Crippen molar-refractivity contribution in [2.24, 2.45) is 0 Å². The highest BCUT2D eigenvalue weighted by Gasteiger charge is 2.23. The summed E-state index contributed by atoms with van der Waals surface area (Å²) < 4.78 is 2.12. The molecule has 0 aliphatic rings. The quantitative estimate of drug-likeness (QED) is 0.782. The number of hydrogen-bond donors (Lipinski definition) is 0. The van der Waals surface area contributed by atoms with Crippen molar-refractivity contribution in [1.82, 2.24) is 9.78 Å². The lowest BCUT2D eigenvalue weighted by Gasteiger charge is -2.19. The maximum Gasteiger partial charge on any atom is 0.0662 e. The molecule has 0 spiro atoms. The van der Waals surface area contributed by atoms with E-state index in [0.717, 1.165) is 12.2 Å². The predicted octanol–water partition coefficient (Wildman–Crippen LogP) is 3.85. The zero-order valence-corrected chi connectivity index (χ0v) is 12.0. The number of aromatic nitrogens is 2. The predicted molar refractivity (Wildman–Crippen MR) is 75.9 cm³/mol. The minimum Gasteiger partial charge on any atom is -0.265 e. The van der Waals surface area contributed by atoms with E-state index in [2.05, 4.69) is 68.7 Å². The van der Waals surface area contributed by atoms with Gasteiger partial charge in [-0.3, -0.25) is 4.68 Å². The summed E-state index contributed by atoms with van der Waals surface area (Å²) in [7, 11) is 0. The molecule has 0 aliphatic heterocycles. The molecule has 0 radical (unpaired) electrons. The van der Waals surface area contributed by atoms with Crippen LogP contribution in [0.5, 0.6) is 0 Å². The molecular formula is C16H22N2. The summed E-state index contributed by atoms with van der Waals surface area (Å²) in [6.45, 7) is 11.9. The highest BCUT2D eigenvalue weighted by atomic mass is 15.3. The molecule has 2 heteroatoms. The Morgan fingerprint density at radius 1 is 1.06 bits per heavy atom. The van der Waals surface area contributed by atoms with Crippen LogP contribution in [0.1, 0.15) is 43.3 Å². The van der Waals surface area contributed by atoms with Crippen LogP contribution in [-0.2, 0) is 12.0 Å². The number of rotatable bonds is 2. The largest absolute Gasteiger partial charge is 0.265 e. The van der Waals surface area contributed by atoms with Gasteiger partial charge in [0.15, 0.2) is 0 Å². The van der Waals surface area contributed by atoms with E-state index in [1.807, 2.05) is 6.07 Å². The van der Waals surface area contributed by atoms with Crippen molar-refractivity contribution in [3.63, 3.8) is 0 Å². The van der Waals surface area contributed by atoms with Gasteiger partial charge in [0.25, 0.3) is 0 Å². The van der Waals surface area contributed by atoms with Crippen LogP contribution < -0.4 is 0 Å². The van der Waals surface area contributed by atoms with Gasteiger partial charge in [0.05, 0.1) is 12.2 Å². The average molecular weight is 242 g/mol. The summed E-state index contributed by atoms with van der Waals surface area (Å²) in [6.07, 6.45) is 0. The van der Waals surface area contributed by atoms with E-state index in [-0.39, 0.29) is 5.41 Å². The molecule has 0 saturated carbocycles. The van der Waals surface area contributed by atoms with Crippen molar-refractivity contribution in [2.75, 3.05) is 0 Å². The third-order valence-electron chi connectivity index (χ3n) is 3.31. The Labute approximate surface area is 110 Å². The Morgan fingerprint density at radius 3 is 2.17 bits per heavy atom. The number of nitrogens with zero attached hydrogens (tertiary/aromatic N) is 2. The monoisotopic (exact) mass is 242 g/mol. The Bertz CT molecular complexity index is 530. The van der Waals surface area contributed by atoms with Crippen LogP contribution in [0.25, 0.3) is 0 Å². The molecule has 0 bridgehead atoms. The van der Waals surface area contributed by atoms with Gasteiger partial charge in [0, 0.05) is 11.3 Å². The van der Waals surface area contributed by atoms with Crippen LogP contribution in [0.15, 0.2) is 30.3 Å². The highest BCUT2D eigenvalue weighted by molar-refractivity contribution is 5.32. The van der Waals surface area contributed by atoms with E-state index in [1.165, 1.54) is 16.8 Å². The van der Waals surface area contributed by atoms with Crippen molar-refractivity contribution in [3.05, 3.63) is 52.8 Å². The fraction of sp³-hybridized carbons (Fsp3) is 0.438. The van der Waals surface area contributed by atoms with E-state index in [4.69, 9.17) is 0 Å². The molecule has 0 atom stereocenters. The van der Waals surface area contributed by atoms with Gasteiger partial charge in [-0.05, 0) is 24.8 Å². The lowest BCUT2D eigenvalue weighted by Crippen LogP contribution is -2.14.